The van der Waals surface area contributed by atoms with Gasteiger partial charge in [0.05, 0.1) is 12.1 Å². The fourth-order valence-electron chi connectivity index (χ4n) is 4.28. The minimum atomic E-state index is -1.11. The van der Waals surface area contributed by atoms with E-state index in [0.717, 1.165) is 32.7 Å². The van der Waals surface area contributed by atoms with Crippen LogP contribution >= 0.6 is 11.8 Å². The van der Waals surface area contributed by atoms with Crippen molar-refractivity contribution in [2.45, 2.75) is 49.3 Å². The molecule has 0 aromatic heterocycles. The first-order valence-electron chi connectivity index (χ1n) is 13.1. The van der Waals surface area contributed by atoms with Gasteiger partial charge in [-0.1, -0.05) is 78.5 Å². The number of nitrogens with one attached hydrogen (secondary N) is 3. The Balaban J connectivity index is 1.51. The minimum Gasteiger partial charge on any atom is -0.395 e. The molecule has 0 bridgehead atoms. The number of carbonyl (C=O) groups is 3. The third-order valence-electron chi connectivity index (χ3n) is 6.45. The van der Waals surface area contributed by atoms with Crippen molar-refractivity contribution in [3.8, 4) is 11.1 Å². The highest BCUT2D eigenvalue weighted by atomic mass is 32.2. The van der Waals surface area contributed by atoms with E-state index in [4.69, 9.17) is 10.8 Å². The number of rotatable bonds is 9. The number of amides is 4. The molecule has 0 radical (unpaired) electrons. The molecule has 1 aliphatic heterocycles. The van der Waals surface area contributed by atoms with E-state index in [9.17, 15) is 14.4 Å². The molecule has 0 spiro atoms. The van der Waals surface area contributed by atoms with Crippen LogP contribution < -0.4 is 21.7 Å². The molecule has 6 N–H and O–H groups in total. The van der Waals surface area contributed by atoms with Gasteiger partial charge in [0.1, 0.15) is 0 Å². The van der Waals surface area contributed by atoms with E-state index in [2.05, 4.69) is 16.0 Å². The van der Waals surface area contributed by atoms with Gasteiger partial charge in [-0.3, -0.25) is 9.59 Å². The SMILES string of the molecule is CC(C)(N)C(=O)N[C@@H]1Sc2ccccc2CN(Cc2ccc(-c3ccccc3CNC(=O)NCCO)cc2)C1=O. The summed E-state index contributed by atoms with van der Waals surface area (Å²) in [6, 6.07) is 23.3. The summed E-state index contributed by atoms with van der Waals surface area (Å²) in [6.07, 6.45) is 0. The molecule has 1 aliphatic rings. The second kappa shape index (κ2) is 13.0. The lowest BCUT2D eigenvalue weighted by Gasteiger charge is -2.27. The molecule has 4 amide bonds. The van der Waals surface area contributed by atoms with E-state index < -0.39 is 10.9 Å². The Labute approximate surface area is 238 Å². The molecule has 0 fully saturated rings. The third kappa shape index (κ3) is 7.41. The summed E-state index contributed by atoms with van der Waals surface area (Å²) in [6.45, 7) is 4.43. The molecule has 4 rings (SSSR count). The highest BCUT2D eigenvalue weighted by Gasteiger charge is 2.34. The summed E-state index contributed by atoms with van der Waals surface area (Å²) in [5.74, 6) is -0.570. The Morgan fingerprint density at radius 1 is 1.02 bits per heavy atom. The van der Waals surface area contributed by atoms with Gasteiger partial charge in [-0.05, 0) is 47.7 Å². The van der Waals surface area contributed by atoms with Crippen LogP contribution in [0.4, 0.5) is 4.79 Å². The van der Waals surface area contributed by atoms with Crippen LogP contribution in [0.15, 0.2) is 77.7 Å². The van der Waals surface area contributed by atoms with Crippen molar-refractivity contribution >= 4 is 29.6 Å². The van der Waals surface area contributed by atoms with Crippen LogP contribution in [0, 0.1) is 0 Å². The minimum absolute atomic E-state index is 0.119. The molecule has 1 atom stereocenters. The Kier molecular flexibility index (Phi) is 9.46. The van der Waals surface area contributed by atoms with Crippen molar-refractivity contribution in [2.75, 3.05) is 13.2 Å². The first kappa shape index (κ1) is 29.1. The van der Waals surface area contributed by atoms with Crippen LogP contribution in [-0.2, 0) is 29.2 Å². The number of benzene rings is 3. The molecule has 1 heterocycles. The monoisotopic (exact) mass is 561 g/mol. The first-order valence-corrected chi connectivity index (χ1v) is 14.0. The van der Waals surface area contributed by atoms with Crippen molar-refractivity contribution < 1.29 is 19.5 Å². The Bertz CT molecular complexity index is 1360. The van der Waals surface area contributed by atoms with Gasteiger partial charge in [-0.15, -0.1) is 0 Å². The number of aliphatic hydroxyl groups excluding tert-OH is 1. The Hall–Kier alpha value is -3.86. The maximum Gasteiger partial charge on any atom is 0.315 e. The van der Waals surface area contributed by atoms with Gasteiger partial charge < -0.3 is 31.7 Å². The van der Waals surface area contributed by atoms with Gasteiger partial charge in [0.15, 0.2) is 5.37 Å². The zero-order valence-corrected chi connectivity index (χ0v) is 23.5. The average molecular weight is 562 g/mol. The number of fused-ring (bicyclic) bond motifs is 1. The van der Waals surface area contributed by atoms with Crippen molar-refractivity contribution in [3.05, 3.63) is 89.5 Å². The van der Waals surface area contributed by atoms with E-state index in [1.54, 1.807) is 18.7 Å². The normalized spacial score (nSPS) is 15.2. The van der Waals surface area contributed by atoms with Crippen molar-refractivity contribution in [1.82, 2.24) is 20.9 Å². The topological polar surface area (TPSA) is 137 Å². The summed E-state index contributed by atoms with van der Waals surface area (Å²) < 4.78 is 0. The van der Waals surface area contributed by atoms with Crippen LogP contribution in [-0.4, -0.2) is 51.9 Å². The number of carbonyl (C=O) groups excluding carboxylic acids is 3. The van der Waals surface area contributed by atoms with Crippen LogP contribution in [0.3, 0.4) is 0 Å². The number of urea groups is 1. The highest BCUT2D eigenvalue weighted by molar-refractivity contribution is 8.00. The van der Waals surface area contributed by atoms with Gasteiger partial charge in [-0.25, -0.2) is 4.79 Å². The average Bonchev–Trinajstić information content (AvgIpc) is 3.07. The summed E-state index contributed by atoms with van der Waals surface area (Å²) in [4.78, 5) is 40.9. The lowest BCUT2D eigenvalue weighted by atomic mass is 9.98. The molecular weight excluding hydrogens is 526 g/mol. The summed E-state index contributed by atoms with van der Waals surface area (Å²) in [7, 11) is 0. The largest absolute Gasteiger partial charge is 0.395 e. The second-order valence-corrected chi connectivity index (χ2v) is 11.3. The molecule has 0 saturated heterocycles. The fourth-order valence-corrected chi connectivity index (χ4v) is 5.39. The van der Waals surface area contributed by atoms with E-state index in [1.807, 2.05) is 72.8 Å². The van der Waals surface area contributed by atoms with E-state index >= 15 is 0 Å². The highest BCUT2D eigenvalue weighted by Crippen LogP contribution is 2.33. The fraction of sp³-hybridized carbons (Fsp3) is 0.300. The lowest BCUT2D eigenvalue weighted by molar-refractivity contribution is -0.135. The molecule has 10 heteroatoms. The standard InChI is InChI=1S/C30H35N5O4S/c1-30(2,31)28(38)34-26-27(37)35(19-23-8-4-6-10-25(23)40-26)18-20-11-13-21(14-12-20)24-9-5-3-7-22(24)17-33-29(39)32-15-16-36/h3-14,26,36H,15-19,31H2,1-2H3,(H,34,38)(H2,32,33,39)/t26-/m1/s1. The van der Waals surface area contributed by atoms with Crippen LogP contribution in [0.5, 0.6) is 0 Å². The van der Waals surface area contributed by atoms with Crippen LogP contribution in [0.1, 0.15) is 30.5 Å². The zero-order chi connectivity index (χ0) is 28.7. The molecule has 0 aliphatic carbocycles. The zero-order valence-electron chi connectivity index (χ0n) is 22.6. The van der Waals surface area contributed by atoms with Gasteiger partial charge in [0.2, 0.25) is 5.91 Å². The maximum absolute atomic E-state index is 13.6. The predicted molar refractivity (Wildman–Crippen MR) is 156 cm³/mol. The quantitative estimate of drug-likeness (QED) is 0.273. The van der Waals surface area contributed by atoms with E-state index in [1.165, 1.54) is 11.8 Å². The second-order valence-electron chi connectivity index (χ2n) is 10.2. The molecule has 3 aromatic carbocycles. The molecule has 9 nitrogen and oxygen atoms in total. The molecular formula is C30H35N5O4S. The summed E-state index contributed by atoms with van der Waals surface area (Å²) >= 11 is 1.33. The summed E-state index contributed by atoms with van der Waals surface area (Å²) in [5, 5.41) is 16.3. The van der Waals surface area contributed by atoms with Crippen molar-refractivity contribution in [3.63, 3.8) is 0 Å². The molecule has 3 aromatic rings. The Morgan fingerprint density at radius 3 is 2.45 bits per heavy atom. The number of hydrogen-bond acceptors (Lipinski definition) is 6. The summed E-state index contributed by atoms with van der Waals surface area (Å²) in [5.41, 5.74) is 9.76. The Morgan fingerprint density at radius 2 is 1.73 bits per heavy atom. The molecule has 0 unspecified atom stereocenters. The van der Waals surface area contributed by atoms with Gasteiger partial charge in [0.25, 0.3) is 5.91 Å². The number of thioether (sulfide) groups is 1. The number of aliphatic hydroxyl groups is 1. The third-order valence-corrected chi connectivity index (χ3v) is 7.66. The number of hydrogen-bond donors (Lipinski definition) is 5. The van der Waals surface area contributed by atoms with Crippen molar-refractivity contribution in [2.24, 2.45) is 5.73 Å². The molecule has 40 heavy (non-hydrogen) atoms. The van der Waals surface area contributed by atoms with Gasteiger partial charge in [0, 0.05) is 31.1 Å². The number of nitrogens with zero attached hydrogens (tertiary/aromatic N) is 1. The molecule has 210 valence electrons. The van der Waals surface area contributed by atoms with E-state index in [0.29, 0.717) is 19.6 Å². The first-order chi connectivity index (χ1) is 19.2. The van der Waals surface area contributed by atoms with Crippen molar-refractivity contribution in [1.29, 1.82) is 0 Å². The molecule has 0 saturated carbocycles. The lowest BCUT2D eigenvalue weighted by Crippen LogP contribution is -2.54. The van der Waals surface area contributed by atoms with Gasteiger partial charge in [-0.2, -0.15) is 0 Å². The number of nitrogens with two attached hydrogens (primary N) is 1. The predicted octanol–water partition coefficient (Wildman–Crippen LogP) is 2.96. The van der Waals surface area contributed by atoms with E-state index in [-0.39, 0.29) is 31.0 Å². The van der Waals surface area contributed by atoms with Crippen LogP contribution in [0.2, 0.25) is 0 Å². The van der Waals surface area contributed by atoms with Gasteiger partial charge >= 0.3 is 6.03 Å². The van der Waals surface area contributed by atoms with Crippen LogP contribution in [0.25, 0.3) is 11.1 Å². The maximum atomic E-state index is 13.6. The smallest absolute Gasteiger partial charge is 0.315 e.